The Morgan fingerprint density at radius 2 is 2.00 bits per heavy atom. The van der Waals surface area contributed by atoms with Gasteiger partial charge in [-0.2, -0.15) is 0 Å². The minimum atomic E-state index is -0.430. The quantitative estimate of drug-likeness (QED) is 0.541. The monoisotopic (exact) mass is 387 g/mol. The zero-order chi connectivity index (χ0) is 19.2. The van der Waals surface area contributed by atoms with Crippen LogP contribution in [0.1, 0.15) is 32.6 Å². The zero-order valence-electron chi connectivity index (χ0n) is 15.4. The van der Waals surface area contributed by atoms with E-state index < -0.39 is 6.03 Å². The summed E-state index contributed by atoms with van der Waals surface area (Å²) in [6.07, 6.45) is 6.10. The van der Waals surface area contributed by atoms with Crippen molar-refractivity contribution in [2.45, 2.75) is 43.8 Å². The van der Waals surface area contributed by atoms with Gasteiger partial charge in [0.25, 0.3) is 0 Å². The number of nitrogen functional groups attached to an aromatic ring is 1. The Balaban J connectivity index is 1.49. The molecule has 3 rings (SSSR count). The Bertz CT molecular complexity index is 793. The fourth-order valence-electron chi connectivity index (χ4n) is 3.26. The van der Waals surface area contributed by atoms with Crippen molar-refractivity contribution in [1.82, 2.24) is 20.3 Å². The van der Waals surface area contributed by atoms with Crippen LogP contribution in [0.25, 0.3) is 11.3 Å². The summed E-state index contributed by atoms with van der Waals surface area (Å²) in [7, 11) is 0. The van der Waals surface area contributed by atoms with Crippen molar-refractivity contribution in [2.24, 2.45) is 5.92 Å². The van der Waals surface area contributed by atoms with Crippen molar-refractivity contribution in [2.75, 3.05) is 11.6 Å². The van der Waals surface area contributed by atoms with Gasteiger partial charge in [-0.1, -0.05) is 61.9 Å². The molecule has 1 aliphatic rings. The number of nitrogens with two attached hydrogens (primary N) is 1. The van der Waals surface area contributed by atoms with Crippen molar-refractivity contribution < 1.29 is 9.59 Å². The number of hydrogen-bond donors (Lipinski definition) is 3. The number of nitrogens with one attached hydrogen (secondary N) is 2. The van der Waals surface area contributed by atoms with E-state index in [0.29, 0.717) is 11.1 Å². The summed E-state index contributed by atoms with van der Waals surface area (Å²) in [6.45, 7) is 2.13. The van der Waals surface area contributed by atoms with E-state index in [1.807, 2.05) is 30.3 Å². The fraction of sp³-hybridized carbons (Fsp3) is 0.421. The number of thioether (sulfide) groups is 1. The summed E-state index contributed by atoms with van der Waals surface area (Å²) in [5, 5.41) is 5.82. The van der Waals surface area contributed by atoms with Gasteiger partial charge in [0.2, 0.25) is 5.91 Å². The van der Waals surface area contributed by atoms with Crippen LogP contribution in [0.4, 0.5) is 4.79 Å². The Labute approximate surface area is 163 Å². The van der Waals surface area contributed by atoms with Gasteiger partial charge in [0.05, 0.1) is 17.6 Å². The maximum Gasteiger partial charge on any atom is 0.321 e. The van der Waals surface area contributed by atoms with Crippen molar-refractivity contribution in [3.05, 3.63) is 36.5 Å². The van der Waals surface area contributed by atoms with Gasteiger partial charge in [-0.05, 0) is 18.8 Å². The third-order valence-corrected chi connectivity index (χ3v) is 5.75. The third kappa shape index (κ3) is 5.26. The minimum Gasteiger partial charge on any atom is -0.337 e. The molecular formula is C19H25N5O2S. The number of aromatic nitrogens is 2. The van der Waals surface area contributed by atoms with Crippen LogP contribution in [0, 0.1) is 5.92 Å². The summed E-state index contributed by atoms with van der Waals surface area (Å²) in [5.41, 5.74) is 1.69. The van der Waals surface area contributed by atoms with Gasteiger partial charge in [0.1, 0.15) is 0 Å². The molecule has 2 atom stereocenters. The number of carbonyl (C=O) groups excluding carboxylic acids is 2. The lowest BCUT2D eigenvalue weighted by Crippen LogP contribution is -2.48. The van der Waals surface area contributed by atoms with Crippen molar-refractivity contribution in [3.8, 4) is 11.3 Å². The predicted molar refractivity (Wildman–Crippen MR) is 107 cm³/mol. The van der Waals surface area contributed by atoms with E-state index in [4.69, 9.17) is 5.84 Å². The Morgan fingerprint density at radius 3 is 2.74 bits per heavy atom. The van der Waals surface area contributed by atoms with Crippen LogP contribution >= 0.6 is 11.8 Å². The highest BCUT2D eigenvalue weighted by atomic mass is 32.2. The summed E-state index contributed by atoms with van der Waals surface area (Å²) >= 11 is 1.19. The summed E-state index contributed by atoms with van der Waals surface area (Å²) in [6, 6.07) is 9.38. The van der Waals surface area contributed by atoms with Crippen LogP contribution in [0.2, 0.25) is 0 Å². The lowest BCUT2D eigenvalue weighted by atomic mass is 9.86. The molecule has 27 heavy (non-hydrogen) atoms. The van der Waals surface area contributed by atoms with Crippen LogP contribution in [0.15, 0.2) is 41.7 Å². The van der Waals surface area contributed by atoms with Gasteiger partial charge in [0.15, 0.2) is 5.16 Å². The van der Waals surface area contributed by atoms with Crippen molar-refractivity contribution >= 4 is 23.7 Å². The Hall–Kier alpha value is -2.48. The highest BCUT2D eigenvalue weighted by Crippen LogP contribution is 2.24. The lowest BCUT2D eigenvalue weighted by molar-refractivity contribution is -0.117. The van der Waals surface area contributed by atoms with Crippen molar-refractivity contribution in [3.63, 3.8) is 0 Å². The number of benzene rings is 1. The molecule has 1 aromatic heterocycles. The molecular weight excluding hydrogens is 362 g/mol. The molecule has 2 aromatic rings. The number of hydrogen-bond acceptors (Lipinski definition) is 5. The van der Waals surface area contributed by atoms with Gasteiger partial charge in [0, 0.05) is 11.6 Å². The molecule has 144 valence electrons. The van der Waals surface area contributed by atoms with Crippen LogP contribution in [-0.4, -0.2) is 33.4 Å². The maximum absolute atomic E-state index is 12.1. The lowest BCUT2D eigenvalue weighted by Gasteiger charge is -2.29. The summed E-state index contributed by atoms with van der Waals surface area (Å²) < 4.78 is 1.39. The van der Waals surface area contributed by atoms with Crippen LogP contribution in [0.3, 0.4) is 0 Å². The Morgan fingerprint density at radius 1 is 1.26 bits per heavy atom. The first kappa shape index (κ1) is 19.3. The first-order valence-corrected chi connectivity index (χ1v) is 10.1. The van der Waals surface area contributed by atoms with E-state index in [0.717, 1.165) is 30.5 Å². The predicted octanol–water partition coefficient (Wildman–Crippen LogP) is 2.76. The van der Waals surface area contributed by atoms with Gasteiger partial charge in [-0.25, -0.2) is 14.5 Å². The SMILES string of the molecule is CC1CCCCC1NC(=O)NC(=O)CSc1nc(-c2ccccc2)cn1N. The van der Waals surface area contributed by atoms with E-state index >= 15 is 0 Å². The minimum absolute atomic E-state index is 0.0656. The van der Waals surface area contributed by atoms with Crippen LogP contribution < -0.4 is 16.5 Å². The average Bonchev–Trinajstić information content (AvgIpc) is 3.03. The molecule has 1 fully saturated rings. The number of carbonyl (C=O) groups is 2. The molecule has 8 heteroatoms. The molecule has 1 saturated carbocycles. The van der Waals surface area contributed by atoms with Gasteiger partial charge >= 0.3 is 6.03 Å². The van der Waals surface area contributed by atoms with Crippen LogP contribution in [-0.2, 0) is 4.79 Å². The highest BCUT2D eigenvalue weighted by molar-refractivity contribution is 7.99. The average molecular weight is 388 g/mol. The van der Waals surface area contributed by atoms with Gasteiger partial charge < -0.3 is 11.2 Å². The topological polar surface area (TPSA) is 102 Å². The summed E-state index contributed by atoms with van der Waals surface area (Å²) in [5.74, 6) is 6.06. The Kier molecular flexibility index (Phi) is 6.39. The second-order valence-corrected chi connectivity index (χ2v) is 7.80. The number of imidazole rings is 1. The van der Waals surface area contributed by atoms with Crippen molar-refractivity contribution in [1.29, 1.82) is 0 Å². The molecule has 1 aromatic carbocycles. The largest absolute Gasteiger partial charge is 0.337 e. The first-order chi connectivity index (χ1) is 13.0. The molecule has 4 N–H and O–H groups in total. The molecule has 0 spiro atoms. The smallest absolute Gasteiger partial charge is 0.321 e. The molecule has 0 radical (unpaired) electrons. The number of rotatable bonds is 5. The van der Waals surface area contributed by atoms with Gasteiger partial charge in [-0.3, -0.25) is 10.1 Å². The maximum atomic E-state index is 12.1. The molecule has 2 unspecified atom stereocenters. The van der Waals surface area contributed by atoms with E-state index in [1.165, 1.54) is 22.9 Å². The molecule has 1 aliphatic carbocycles. The molecule has 7 nitrogen and oxygen atoms in total. The van der Waals surface area contributed by atoms with E-state index in [2.05, 4.69) is 22.5 Å². The standard InChI is InChI=1S/C19H25N5O2S/c1-13-7-5-6-10-15(13)21-18(26)23-17(25)12-27-19-22-16(11-24(19)20)14-8-3-2-4-9-14/h2-4,8-9,11,13,15H,5-7,10,12,20H2,1H3,(H2,21,23,25,26). The molecule has 0 aliphatic heterocycles. The number of imide groups is 1. The number of nitrogens with zero attached hydrogens (tertiary/aromatic N) is 2. The summed E-state index contributed by atoms with van der Waals surface area (Å²) in [4.78, 5) is 28.6. The highest BCUT2D eigenvalue weighted by Gasteiger charge is 2.23. The molecule has 3 amide bonds. The zero-order valence-corrected chi connectivity index (χ0v) is 16.2. The van der Waals surface area contributed by atoms with E-state index in [-0.39, 0.29) is 17.7 Å². The van der Waals surface area contributed by atoms with E-state index in [9.17, 15) is 9.59 Å². The second-order valence-electron chi connectivity index (χ2n) is 6.86. The number of urea groups is 1. The first-order valence-electron chi connectivity index (χ1n) is 9.16. The van der Waals surface area contributed by atoms with Crippen LogP contribution in [0.5, 0.6) is 0 Å². The fourth-order valence-corrected chi connectivity index (χ4v) is 3.96. The van der Waals surface area contributed by atoms with Gasteiger partial charge in [-0.15, -0.1) is 0 Å². The molecule has 0 bridgehead atoms. The van der Waals surface area contributed by atoms with E-state index in [1.54, 1.807) is 6.20 Å². The molecule has 1 heterocycles. The normalized spacial score (nSPS) is 19.4. The molecule has 0 saturated heterocycles. The number of amides is 3. The third-order valence-electron chi connectivity index (χ3n) is 4.78. The second kappa shape index (κ2) is 8.94.